The molecule has 2 unspecified atom stereocenters. The number of urea groups is 1. The third kappa shape index (κ3) is 3.50. The van der Waals surface area contributed by atoms with Crippen LogP contribution in [0.1, 0.15) is 32.4 Å². The van der Waals surface area contributed by atoms with E-state index in [2.05, 4.69) is 10.3 Å². The Morgan fingerprint density at radius 3 is 2.54 bits per heavy atom. The molecule has 0 radical (unpaired) electrons. The van der Waals surface area contributed by atoms with Crippen LogP contribution >= 0.6 is 0 Å². The van der Waals surface area contributed by atoms with E-state index in [9.17, 15) is 9.59 Å². The molecule has 0 bridgehead atoms. The number of rotatable bonds is 5. The standard InChI is InChI=1S/C17H22N2O5/c1-9(2)24-16(20)13-10(3)18-17(21)19-14(13)11-7-6-8-12(22-4)15(11)23-5/h6-9,13-14H,1-5H3,(H,19,21). The molecule has 2 atom stereocenters. The van der Waals surface area contributed by atoms with Crippen molar-refractivity contribution in [2.45, 2.75) is 32.9 Å². The quantitative estimate of drug-likeness (QED) is 0.836. The lowest BCUT2D eigenvalue weighted by Crippen LogP contribution is -2.44. The van der Waals surface area contributed by atoms with Gasteiger partial charge < -0.3 is 19.5 Å². The maximum Gasteiger partial charge on any atom is 0.341 e. The highest BCUT2D eigenvalue weighted by Crippen LogP contribution is 2.39. The first-order valence-electron chi connectivity index (χ1n) is 7.66. The molecule has 0 aliphatic carbocycles. The molecular formula is C17H22N2O5. The Morgan fingerprint density at radius 2 is 1.96 bits per heavy atom. The predicted octanol–water partition coefficient (Wildman–Crippen LogP) is 2.50. The van der Waals surface area contributed by atoms with Gasteiger partial charge in [-0.05, 0) is 26.8 Å². The molecule has 0 fully saturated rings. The van der Waals surface area contributed by atoms with Crippen molar-refractivity contribution in [3.63, 3.8) is 0 Å². The molecule has 7 heteroatoms. The molecule has 1 aliphatic heterocycles. The number of nitrogens with one attached hydrogen (secondary N) is 1. The van der Waals surface area contributed by atoms with Gasteiger partial charge in [-0.3, -0.25) is 4.79 Å². The number of methoxy groups -OCH3 is 2. The highest BCUT2D eigenvalue weighted by atomic mass is 16.5. The smallest absolute Gasteiger partial charge is 0.341 e. The monoisotopic (exact) mass is 334 g/mol. The van der Waals surface area contributed by atoms with Crippen molar-refractivity contribution in [3.05, 3.63) is 23.8 Å². The minimum Gasteiger partial charge on any atom is -0.493 e. The first-order chi connectivity index (χ1) is 11.4. The second kappa shape index (κ2) is 7.33. The summed E-state index contributed by atoms with van der Waals surface area (Å²) in [5.41, 5.74) is 1.03. The molecule has 2 amide bonds. The van der Waals surface area contributed by atoms with Crippen LogP contribution in [-0.4, -0.2) is 38.0 Å². The fraction of sp³-hybridized carbons (Fsp3) is 0.471. The predicted molar refractivity (Wildman–Crippen MR) is 88.6 cm³/mol. The van der Waals surface area contributed by atoms with Crippen LogP contribution in [0.25, 0.3) is 0 Å². The Morgan fingerprint density at radius 1 is 1.25 bits per heavy atom. The third-order valence-electron chi connectivity index (χ3n) is 3.71. The number of para-hydroxylation sites is 1. The number of esters is 1. The lowest BCUT2D eigenvalue weighted by Gasteiger charge is -2.31. The summed E-state index contributed by atoms with van der Waals surface area (Å²) in [7, 11) is 3.03. The van der Waals surface area contributed by atoms with Crippen LogP contribution in [0.5, 0.6) is 11.5 Å². The Hall–Kier alpha value is -2.57. The lowest BCUT2D eigenvalue weighted by molar-refractivity contribution is -0.150. The van der Waals surface area contributed by atoms with Crippen LogP contribution < -0.4 is 14.8 Å². The van der Waals surface area contributed by atoms with Gasteiger partial charge in [0.25, 0.3) is 0 Å². The SMILES string of the molecule is COc1cccc(C2NC(=O)N=C(C)C2C(=O)OC(C)C)c1OC. The zero-order chi connectivity index (χ0) is 17.9. The number of carbonyl (C=O) groups excluding carboxylic acids is 2. The maximum atomic E-state index is 12.5. The van der Waals surface area contributed by atoms with Crippen molar-refractivity contribution in [1.29, 1.82) is 0 Å². The van der Waals surface area contributed by atoms with Crippen molar-refractivity contribution in [1.82, 2.24) is 5.32 Å². The highest BCUT2D eigenvalue weighted by molar-refractivity contribution is 6.08. The molecule has 0 saturated heterocycles. The minimum absolute atomic E-state index is 0.268. The molecule has 130 valence electrons. The van der Waals surface area contributed by atoms with Gasteiger partial charge in [-0.1, -0.05) is 12.1 Å². The average molecular weight is 334 g/mol. The number of hydrogen-bond acceptors (Lipinski definition) is 5. The van der Waals surface area contributed by atoms with E-state index in [0.717, 1.165) is 0 Å². The average Bonchev–Trinajstić information content (AvgIpc) is 2.52. The summed E-state index contributed by atoms with van der Waals surface area (Å²) < 4.78 is 16.1. The number of benzene rings is 1. The van der Waals surface area contributed by atoms with E-state index in [1.54, 1.807) is 39.0 Å². The van der Waals surface area contributed by atoms with Gasteiger partial charge in [0, 0.05) is 11.3 Å². The third-order valence-corrected chi connectivity index (χ3v) is 3.71. The van der Waals surface area contributed by atoms with E-state index in [4.69, 9.17) is 14.2 Å². The molecular weight excluding hydrogens is 312 g/mol. The summed E-state index contributed by atoms with van der Waals surface area (Å²) in [6.07, 6.45) is -0.268. The van der Waals surface area contributed by atoms with Gasteiger partial charge in [0.15, 0.2) is 11.5 Å². The fourth-order valence-corrected chi connectivity index (χ4v) is 2.75. The molecule has 0 spiro atoms. The van der Waals surface area contributed by atoms with Gasteiger partial charge in [0.05, 0.1) is 26.4 Å². The number of aliphatic imine (C=N–C) groups is 1. The second-order valence-corrected chi connectivity index (χ2v) is 5.73. The summed E-state index contributed by atoms with van der Waals surface area (Å²) in [4.78, 5) is 28.3. The topological polar surface area (TPSA) is 86.2 Å². The zero-order valence-electron chi connectivity index (χ0n) is 14.5. The van der Waals surface area contributed by atoms with Crippen molar-refractivity contribution in [3.8, 4) is 11.5 Å². The number of ether oxygens (including phenoxy) is 3. The number of carbonyl (C=O) groups is 2. The van der Waals surface area contributed by atoms with Gasteiger partial charge in [0.2, 0.25) is 0 Å². The Bertz CT molecular complexity index is 669. The molecule has 1 aromatic rings. The van der Waals surface area contributed by atoms with E-state index in [0.29, 0.717) is 22.8 Å². The fourth-order valence-electron chi connectivity index (χ4n) is 2.75. The van der Waals surface area contributed by atoms with E-state index < -0.39 is 24.0 Å². The van der Waals surface area contributed by atoms with Gasteiger partial charge in [0.1, 0.15) is 5.92 Å². The summed E-state index contributed by atoms with van der Waals surface area (Å²) in [5, 5.41) is 2.73. The molecule has 1 N–H and O–H groups in total. The molecule has 0 saturated carbocycles. The van der Waals surface area contributed by atoms with E-state index in [1.165, 1.54) is 14.2 Å². The van der Waals surface area contributed by atoms with Crippen molar-refractivity contribution in [2.75, 3.05) is 14.2 Å². The van der Waals surface area contributed by atoms with Crippen LogP contribution in [-0.2, 0) is 9.53 Å². The lowest BCUT2D eigenvalue weighted by atomic mass is 9.87. The van der Waals surface area contributed by atoms with Crippen LogP contribution in [0, 0.1) is 5.92 Å². The van der Waals surface area contributed by atoms with Crippen molar-refractivity contribution >= 4 is 17.7 Å². The zero-order valence-corrected chi connectivity index (χ0v) is 14.5. The first-order valence-corrected chi connectivity index (χ1v) is 7.66. The van der Waals surface area contributed by atoms with Crippen LogP contribution in [0.4, 0.5) is 4.79 Å². The molecule has 24 heavy (non-hydrogen) atoms. The minimum atomic E-state index is -0.730. The molecule has 1 heterocycles. The Kier molecular flexibility index (Phi) is 5.43. The van der Waals surface area contributed by atoms with Crippen molar-refractivity contribution < 1.29 is 23.8 Å². The summed E-state index contributed by atoms with van der Waals surface area (Å²) in [6, 6.07) is 4.15. The number of hydrogen-bond donors (Lipinski definition) is 1. The van der Waals surface area contributed by atoms with E-state index >= 15 is 0 Å². The first kappa shape index (κ1) is 17.8. The summed E-state index contributed by atoms with van der Waals surface area (Å²) in [6.45, 7) is 5.19. The van der Waals surface area contributed by atoms with Gasteiger partial charge >= 0.3 is 12.0 Å². The molecule has 1 aromatic carbocycles. The second-order valence-electron chi connectivity index (χ2n) is 5.73. The van der Waals surface area contributed by atoms with Crippen LogP contribution in [0.15, 0.2) is 23.2 Å². The van der Waals surface area contributed by atoms with Gasteiger partial charge in [-0.15, -0.1) is 0 Å². The molecule has 1 aliphatic rings. The largest absolute Gasteiger partial charge is 0.493 e. The number of amides is 2. The highest BCUT2D eigenvalue weighted by Gasteiger charge is 2.40. The van der Waals surface area contributed by atoms with Gasteiger partial charge in [-0.2, -0.15) is 0 Å². The Labute approximate surface area is 141 Å². The van der Waals surface area contributed by atoms with Crippen LogP contribution in [0.2, 0.25) is 0 Å². The maximum absolute atomic E-state index is 12.5. The molecule has 2 rings (SSSR count). The van der Waals surface area contributed by atoms with E-state index in [-0.39, 0.29) is 6.10 Å². The Balaban J connectivity index is 2.51. The van der Waals surface area contributed by atoms with E-state index in [1.807, 2.05) is 0 Å². The van der Waals surface area contributed by atoms with Crippen LogP contribution in [0.3, 0.4) is 0 Å². The summed E-state index contributed by atoms with van der Waals surface area (Å²) in [5.74, 6) is -0.199. The normalized spacial score (nSPS) is 20.2. The van der Waals surface area contributed by atoms with Crippen molar-refractivity contribution in [2.24, 2.45) is 10.9 Å². The molecule has 7 nitrogen and oxygen atoms in total. The molecule has 0 aromatic heterocycles. The number of nitrogens with zero attached hydrogens (tertiary/aromatic N) is 1. The summed E-state index contributed by atoms with van der Waals surface area (Å²) >= 11 is 0. The van der Waals surface area contributed by atoms with Gasteiger partial charge in [-0.25, -0.2) is 9.79 Å².